The lowest BCUT2D eigenvalue weighted by atomic mass is 9.83. The molecular formula is C44H30O. The van der Waals surface area contributed by atoms with Crippen molar-refractivity contribution >= 4 is 49.1 Å². The van der Waals surface area contributed by atoms with Crippen LogP contribution in [0.4, 0.5) is 0 Å². The van der Waals surface area contributed by atoms with Gasteiger partial charge in [-0.2, -0.15) is 0 Å². The van der Waals surface area contributed by atoms with E-state index in [1.807, 2.05) is 0 Å². The summed E-state index contributed by atoms with van der Waals surface area (Å²) < 4.78 is 6.50. The van der Waals surface area contributed by atoms with Gasteiger partial charge in [0.05, 0.1) is 0 Å². The summed E-state index contributed by atoms with van der Waals surface area (Å²) in [5, 5.41) is 7.44. The van der Waals surface area contributed by atoms with Crippen molar-refractivity contribution in [3.8, 4) is 22.3 Å². The van der Waals surface area contributed by atoms with Crippen molar-refractivity contribution in [3.63, 3.8) is 0 Å². The van der Waals surface area contributed by atoms with Crippen LogP contribution < -0.4 is 0 Å². The van der Waals surface area contributed by atoms with Crippen LogP contribution in [-0.2, 0) is 0 Å². The molecule has 1 aliphatic rings. The third-order valence-electron chi connectivity index (χ3n) is 9.43. The van der Waals surface area contributed by atoms with Crippen molar-refractivity contribution in [3.05, 3.63) is 175 Å². The molecule has 8 aromatic rings. The standard InChI is InChI=1S/C44H30O/c1-3-13-29(14-4-1)31-17-11-18-32(27-31)34-23-12-24-41-44(34)39-28-33(25-26-40(39)45-41)43-37-21-9-7-19-35(37)42(30-15-5-2-6-16-30)36-20-8-10-22-38(36)43/h1-26,28,32H,27H2. The molecule has 0 aliphatic heterocycles. The van der Waals surface area contributed by atoms with E-state index < -0.39 is 0 Å². The first-order chi connectivity index (χ1) is 22.3. The van der Waals surface area contributed by atoms with Crippen LogP contribution in [0.2, 0.25) is 0 Å². The molecule has 0 saturated carbocycles. The highest BCUT2D eigenvalue weighted by Crippen LogP contribution is 2.46. The highest BCUT2D eigenvalue weighted by molar-refractivity contribution is 6.22. The first-order valence-electron chi connectivity index (χ1n) is 15.7. The molecule has 1 heterocycles. The van der Waals surface area contributed by atoms with Gasteiger partial charge in [0.15, 0.2) is 0 Å². The molecule has 0 N–H and O–H groups in total. The molecule has 0 fully saturated rings. The third-order valence-corrected chi connectivity index (χ3v) is 9.43. The molecule has 0 amide bonds. The highest BCUT2D eigenvalue weighted by atomic mass is 16.3. The molecule has 1 nitrogen and oxygen atoms in total. The van der Waals surface area contributed by atoms with Crippen LogP contribution in [0, 0.1) is 0 Å². The van der Waals surface area contributed by atoms with Gasteiger partial charge in [0, 0.05) is 16.7 Å². The van der Waals surface area contributed by atoms with Gasteiger partial charge in [-0.15, -0.1) is 0 Å². The Morgan fingerprint density at radius 1 is 0.467 bits per heavy atom. The van der Waals surface area contributed by atoms with Crippen LogP contribution in [0.1, 0.15) is 23.5 Å². The van der Waals surface area contributed by atoms with Gasteiger partial charge in [0.25, 0.3) is 0 Å². The maximum Gasteiger partial charge on any atom is 0.135 e. The summed E-state index contributed by atoms with van der Waals surface area (Å²) in [5.41, 5.74) is 10.8. The summed E-state index contributed by atoms with van der Waals surface area (Å²) in [6.45, 7) is 0. The molecule has 9 rings (SSSR count). The number of benzene rings is 7. The average Bonchev–Trinajstić information content (AvgIpc) is 3.49. The molecule has 1 aromatic heterocycles. The van der Waals surface area contributed by atoms with Crippen molar-refractivity contribution < 1.29 is 4.42 Å². The lowest BCUT2D eigenvalue weighted by Crippen LogP contribution is -2.01. The van der Waals surface area contributed by atoms with Gasteiger partial charge in [-0.1, -0.05) is 146 Å². The Morgan fingerprint density at radius 2 is 1.07 bits per heavy atom. The van der Waals surface area contributed by atoms with E-state index in [2.05, 4.69) is 164 Å². The molecule has 0 radical (unpaired) electrons. The number of fused-ring (bicyclic) bond motifs is 5. The molecule has 45 heavy (non-hydrogen) atoms. The van der Waals surface area contributed by atoms with E-state index >= 15 is 0 Å². The van der Waals surface area contributed by atoms with Gasteiger partial charge in [-0.25, -0.2) is 0 Å². The Hall–Kier alpha value is -5.66. The molecule has 1 atom stereocenters. The van der Waals surface area contributed by atoms with Crippen LogP contribution in [0.15, 0.2) is 168 Å². The fourth-order valence-corrected chi connectivity index (χ4v) is 7.43. The maximum absolute atomic E-state index is 6.50. The molecule has 1 aliphatic carbocycles. The molecule has 1 heteroatoms. The summed E-state index contributed by atoms with van der Waals surface area (Å²) in [4.78, 5) is 0. The topological polar surface area (TPSA) is 13.1 Å². The molecule has 0 bridgehead atoms. The van der Waals surface area contributed by atoms with Crippen LogP contribution in [-0.4, -0.2) is 0 Å². The molecule has 0 spiro atoms. The van der Waals surface area contributed by atoms with Gasteiger partial charge in [0.2, 0.25) is 0 Å². The minimum Gasteiger partial charge on any atom is -0.456 e. The summed E-state index contributed by atoms with van der Waals surface area (Å²) >= 11 is 0. The second-order valence-electron chi connectivity index (χ2n) is 12.0. The second kappa shape index (κ2) is 10.5. The molecule has 7 aromatic carbocycles. The first-order valence-corrected chi connectivity index (χ1v) is 15.7. The predicted molar refractivity (Wildman–Crippen MR) is 191 cm³/mol. The van der Waals surface area contributed by atoms with Crippen molar-refractivity contribution in [1.29, 1.82) is 0 Å². The summed E-state index contributed by atoms with van der Waals surface area (Å²) in [6, 6.07) is 52.5. The van der Waals surface area contributed by atoms with E-state index in [4.69, 9.17) is 4.42 Å². The Morgan fingerprint density at radius 3 is 1.73 bits per heavy atom. The second-order valence-corrected chi connectivity index (χ2v) is 12.0. The van der Waals surface area contributed by atoms with E-state index in [0.717, 1.165) is 17.6 Å². The Kier molecular flexibility index (Phi) is 6.02. The van der Waals surface area contributed by atoms with E-state index in [9.17, 15) is 0 Å². The van der Waals surface area contributed by atoms with E-state index in [1.165, 1.54) is 71.3 Å². The van der Waals surface area contributed by atoms with Crippen molar-refractivity contribution in [2.45, 2.75) is 12.3 Å². The Labute approximate surface area is 262 Å². The van der Waals surface area contributed by atoms with E-state index in [1.54, 1.807) is 0 Å². The molecular weight excluding hydrogens is 544 g/mol. The number of hydrogen-bond acceptors (Lipinski definition) is 1. The number of furan rings is 1. The summed E-state index contributed by atoms with van der Waals surface area (Å²) in [5.74, 6) is 0.269. The lowest BCUT2D eigenvalue weighted by Gasteiger charge is -2.20. The van der Waals surface area contributed by atoms with Crippen LogP contribution in [0.3, 0.4) is 0 Å². The maximum atomic E-state index is 6.50. The Bertz CT molecular complexity index is 2380. The molecule has 1 unspecified atom stereocenters. The summed E-state index contributed by atoms with van der Waals surface area (Å²) in [7, 11) is 0. The highest BCUT2D eigenvalue weighted by Gasteiger charge is 2.22. The zero-order valence-corrected chi connectivity index (χ0v) is 24.8. The molecule has 212 valence electrons. The van der Waals surface area contributed by atoms with Crippen molar-refractivity contribution in [2.75, 3.05) is 0 Å². The van der Waals surface area contributed by atoms with Crippen molar-refractivity contribution in [1.82, 2.24) is 0 Å². The van der Waals surface area contributed by atoms with Gasteiger partial charge in [0.1, 0.15) is 11.2 Å². The smallest absolute Gasteiger partial charge is 0.135 e. The van der Waals surface area contributed by atoms with Gasteiger partial charge in [-0.05, 0) is 85.1 Å². The number of hydrogen-bond donors (Lipinski definition) is 0. The largest absolute Gasteiger partial charge is 0.456 e. The number of allylic oxidation sites excluding steroid dienone is 4. The first kappa shape index (κ1) is 25.8. The van der Waals surface area contributed by atoms with Crippen LogP contribution in [0.25, 0.3) is 71.3 Å². The zero-order chi connectivity index (χ0) is 29.7. The quantitative estimate of drug-likeness (QED) is 0.191. The summed E-state index contributed by atoms with van der Waals surface area (Å²) in [6.07, 6.45) is 7.78. The van der Waals surface area contributed by atoms with Crippen molar-refractivity contribution in [2.24, 2.45) is 0 Å². The van der Waals surface area contributed by atoms with Crippen LogP contribution >= 0.6 is 0 Å². The lowest BCUT2D eigenvalue weighted by molar-refractivity contribution is 0.668. The predicted octanol–water partition coefficient (Wildman–Crippen LogP) is 12.4. The van der Waals surface area contributed by atoms with Gasteiger partial charge >= 0.3 is 0 Å². The SMILES string of the molecule is C1=CC(c2cccc3oc4ccc(-c5c6ccccc6c(-c6ccccc6)c6ccccc56)cc4c23)CC(c2ccccc2)=C1. The molecule has 0 saturated heterocycles. The van der Waals surface area contributed by atoms with Crippen LogP contribution in [0.5, 0.6) is 0 Å². The minimum absolute atomic E-state index is 0.269. The van der Waals surface area contributed by atoms with Gasteiger partial charge < -0.3 is 4.42 Å². The zero-order valence-electron chi connectivity index (χ0n) is 24.8. The average molecular weight is 575 g/mol. The third kappa shape index (κ3) is 4.24. The number of rotatable bonds is 4. The normalized spacial score (nSPS) is 14.8. The fourth-order valence-electron chi connectivity index (χ4n) is 7.43. The minimum atomic E-state index is 0.269. The monoisotopic (exact) mass is 574 g/mol. The van der Waals surface area contributed by atoms with Gasteiger partial charge in [-0.3, -0.25) is 0 Å². The fraction of sp³-hybridized carbons (Fsp3) is 0.0455. The van der Waals surface area contributed by atoms with E-state index in [-0.39, 0.29) is 5.92 Å². The Balaban J connectivity index is 1.26. The van der Waals surface area contributed by atoms with E-state index in [0.29, 0.717) is 0 Å².